The molecule has 0 radical (unpaired) electrons. The van der Waals surface area contributed by atoms with Crippen LogP contribution in [-0.4, -0.2) is 44.2 Å². The SMILES string of the molecule is CC1(C)SC2C(NC(=O)Cc3ccccc3)C(=O)N2C1O. The second kappa shape index (κ2) is 5.03. The molecule has 1 aromatic rings. The summed E-state index contributed by atoms with van der Waals surface area (Å²) in [5.74, 6) is -0.369. The highest BCUT2D eigenvalue weighted by molar-refractivity contribution is 8.01. The van der Waals surface area contributed by atoms with Crippen LogP contribution in [-0.2, 0) is 16.0 Å². The van der Waals surface area contributed by atoms with Crippen molar-refractivity contribution < 1.29 is 14.7 Å². The third kappa shape index (κ3) is 2.42. The standard InChI is InChI=1S/C15H18N2O3S/c1-15(2)14(20)17-12(19)11(13(17)21-15)16-10(18)8-9-6-4-3-5-7-9/h3-7,11,13-14,20H,8H2,1-2H3,(H,16,18). The first-order valence-electron chi connectivity index (χ1n) is 6.91. The molecule has 112 valence electrons. The number of rotatable bonds is 3. The number of carbonyl (C=O) groups is 2. The molecule has 21 heavy (non-hydrogen) atoms. The van der Waals surface area contributed by atoms with Crippen LogP contribution >= 0.6 is 11.8 Å². The van der Waals surface area contributed by atoms with E-state index >= 15 is 0 Å². The van der Waals surface area contributed by atoms with Gasteiger partial charge in [0.25, 0.3) is 5.91 Å². The Hall–Kier alpha value is -1.53. The molecule has 2 aliphatic heterocycles. The van der Waals surface area contributed by atoms with Gasteiger partial charge in [0.05, 0.1) is 11.2 Å². The van der Waals surface area contributed by atoms with Crippen LogP contribution in [0.5, 0.6) is 0 Å². The first-order valence-corrected chi connectivity index (χ1v) is 7.79. The topological polar surface area (TPSA) is 69.6 Å². The van der Waals surface area contributed by atoms with Crippen molar-refractivity contribution in [1.29, 1.82) is 0 Å². The van der Waals surface area contributed by atoms with E-state index in [0.717, 1.165) is 5.56 Å². The molecule has 3 atom stereocenters. The van der Waals surface area contributed by atoms with E-state index in [1.165, 1.54) is 16.7 Å². The van der Waals surface area contributed by atoms with Gasteiger partial charge in [0.1, 0.15) is 17.6 Å². The van der Waals surface area contributed by atoms with Crippen LogP contribution in [0.1, 0.15) is 19.4 Å². The molecule has 3 rings (SSSR count). The largest absolute Gasteiger partial charge is 0.372 e. The zero-order valence-corrected chi connectivity index (χ0v) is 12.8. The fourth-order valence-corrected chi connectivity index (χ4v) is 4.23. The second-order valence-corrected chi connectivity index (χ2v) is 7.71. The molecule has 6 heteroatoms. The van der Waals surface area contributed by atoms with Crippen molar-refractivity contribution in [3.63, 3.8) is 0 Å². The summed E-state index contributed by atoms with van der Waals surface area (Å²) in [5, 5.41) is 12.7. The van der Waals surface area contributed by atoms with E-state index < -0.39 is 17.0 Å². The van der Waals surface area contributed by atoms with E-state index in [9.17, 15) is 14.7 Å². The number of nitrogens with zero attached hydrogens (tertiary/aromatic N) is 1. The van der Waals surface area contributed by atoms with Crippen molar-refractivity contribution in [1.82, 2.24) is 10.2 Å². The Morgan fingerprint density at radius 2 is 2.05 bits per heavy atom. The summed E-state index contributed by atoms with van der Waals surface area (Å²) in [6.07, 6.45) is -0.532. The lowest BCUT2D eigenvalue weighted by atomic mass is 10.0. The third-order valence-corrected chi connectivity index (χ3v) is 5.47. The smallest absolute Gasteiger partial charge is 0.251 e. The minimum absolute atomic E-state index is 0.165. The van der Waals surface area contributed by atoms with Gasteiger partial charge in [0.2, 0.25) is 5.91 Å². The normalized spacial score (nSPS) is 29.8. The summed E-state index contributed by atoms with van der Waals surface area (Å²) in [5.41, 5.74) is 0.915. The summed E-state index contributed by atoms with van der Waals surface area (Å²) < 4.78 is -0.404. The van der Waals surface area contributed by atoms with Crippen molar-refractivity contribution in [2.45, 2.75) is 42.7 Å². The number of benzene rings is 1. The molecular formula is C15H18N2O3S. The molecule has 2 saturated heterocycles. The van der Waals surface area contributed by atoms with Crippen molar-refractivity contribution in [2.75, 3.05) is 0 Å². The number of nitrogens with one attached hydrogen (secondary N) is 1. The van der Waals surface area contributed by atoms with Crippen LogP contribution in [0.15, 0.2) is 30.3 Å². The number of hydrogen-bond donors (Lipinski definition) is 2. The van der Waals surface area contributed by atoms with Gasteiger partial charge in [-0.2, -0.15) is 0 Å². The van der Waals surface area contributed by atoms with E-state index in [4.69, 9.17) is 0 Å². The second-order valence-electron chi connectivity index (χ2n) is 5.94. The Kier molecular flexibility index (Phi) is 3.45. The Labute approximate surface area is 127 Å². The van der Waals surface area contributed by atoms with Gasteiger partial charge >= 0.3 is 0 Å². The molecule has 0 aliphatic carbocycles. The number of thioether (sulfide) groups is 1. The lowest BCUT2D eigenvalue weighted by Crippen LogP contribution is -2.69. The molecule has 2 amide bonds. The van der Waals surface area contributed by atoms with E-state index in [2.05, 4.69) is 5.32 Å². The van der Waals surface area contributed by atoms with Gasteiger partial charge in [-0.05, 0) is 19.4 Å². The van der Waals surface area contributed by atoms with Crippen molar-refractivity contribution in [3.8, 4) is 0 Å². The molecule has 5 nitrogen and oxygen atoms in total. The molecule has 2 N–H and O–H groups in total. The van der Waals surface area contributed by atoms with Crippen LogP contribution in [0, 0.1) is 0 Å². The monoisotopic (exact) mass is 306 g/mol. The van der Waals surface area contributed by atoms with Crippen molar-refractivity contribution >= 4 is 23.6 Å². The Morgan fingerprint density at radius 1 is 1.38 bits per heavy atom. The van der Waals surface area contributed by atoms with Gasteiger partial charge in [-0.25, -0.2) is 0 Å². The molecule has 1 aromatic carbocycles. The number of carbonyl (C=O) groups excluding carboxylic acids is 2. The Morgan fingerprint density at radius 3 is 2.71 bits per heavy atom. The Balaban J connectivity index is 1.62. The third-order valence-electron chi connectivity index (χ3n) is 3.91. The van der Waals surface area contributed by atoms with E-state index in [0.29, 0.717) is 0 Å². The quantitative estimate of drug-likeness (QED) is 0.808. The number of hydrogen-bond acceptors (Lipinski definition) is 4. The van der Waals surface area contributed by atoms with Crippen LogP contribution in [0.4, 0.5) is 0 Å². The van der Waals surface area contributed by atoms with Gasteiger partial charge in [0.15, 0.2) is 0 Å². The van der Waals surface area contributed by atoms with Gasteiger partial charge in [-0.15, -0.1) is 11.8 Å². The summed E-state index contributed by atoms with van der Waals surface area (Å²) in [6, 6.07) is 8.89. The van der Waals surface area contributed by atoms with Crippen molar-refractivity contribution in [2.24, 2.45) is 0 Å². The zero-order valence-electron chi connectivity index (χ0n) is 11.9. The predicted molar refractivity (Wildman–Crippen MR) is 80.4 cm³/mol. The average molecular weight is 306 g/mol. The molecule has 0 aromatic heterocycles. The van der Waals surface area contributed by atoms with E-state index in [1.807, 2.05) is 44.2 Å². The lowest BCUT2D eigenvalue weighted by Gasteiger charge is -2.43. The average Bonchev–Trinajstić information content (AvgIpc) is 2.65. The molecule has 2 heterocycles. The predicted octanol–water partition coefficient (Wildman–Crippen LogP) is 0.726. The van der Waals surface area contributed by atoms with E-state index in [-0.39, 0.29) is 23.6 Å². The minimum atomic E-state index is -0.790. The molecule has 2 fully saturated rings. The summed E-state index contributed by atoms with van der Waals surface area (Å²) >= 11 is 1.53. The zero-order chi connectivity index (χ0) is 15.2. The number of amides is 2. The van der Waals surface area contributed by atoms with E-state index in [1.54, 1.807) is 0 Å². The maximum absolute atomic E-state index is 12.1. The molecule has 3 unspecified atom stereocenters. The summed E-state index contributed by atoms with van der Waals surface area (Å²) in [4.78, 5) is 25.6. The maximum atomic E-state index is 12.1. The lowest BCUT2D eigenvalue weighted by molar-refractivity contribution is -0.162. The fourth-order valence-electron chi connectivity index (χ4n) is 2.72. The molecule has 2 aliphatic rings. The van der Waals surface area contributed by atoms with Gasteiger partial charge in [-0.3, -0.25) is 14.5 Å². The van der Waals surface area contributed by atoms with Crippen LogP contribution < -0.4 is 5.32 Å². The first-order chi connectivity index (χ1) is 9.90. The molecule has 0 saturated carbocycles. The molecule has 0 spiro atoms. The number of fused-ring (bicyclic) bond motifs is 1. The summed E-state index contributed by atoms with van der Waals surface area (Å²) in [7, 11) is 0. The van der Waals surface area contributed by atoms with Gasteiger partial charge in [-0.1, -0.05) is 30.3 Å². The Bertz CT molecular complexity index is 576. The highest BCUT2D eigenvalue weighted by Gasteiger charge is 2.61. The summed E-state index contributed by atoms with van der Waals surface area (Å²) in [6.45, 7) is 3.80. The molecular weight excluding hydrogens is 288 g/mol. The highest BCUT2D eigenvalue weighted by atomic mass is 32.2. The van der Waals surface area contributed by atoms with Crippen molar-refractivity contribution in [3.05, 3.63) is 35.9 Å². The van der Waals surface area contributed by atoms with Crippen LogP contribution in [0.25, 0.3) is 0 Å². The number of aliphatic hydroxyl groups excluding tert-OH is 1. The van der Waals surface area contributed by atoms with Gasteiger partial charge in [0, 0.05) is 0 Å². The number of aliphatic hydroxyl groups is 1. The fraction of sp³-hybridized carbons (Fsp3) is 0.467. The maximum Gasteiger partial charge on any atom is 0.251 e. The first kappa shape index (κ1) is 14.4. The van der Waals surface area contributed by atoms with Crippen LogP contribution in [0.2, 0.25) is 0 Å². The number of β-lactam (4-membered cyclic amide) rings is 1. The van der Waals surface area contributed by atoms with Gasteiger partial charge < -0.3 is 10.4 Å². The molecule has 0 bridgehead atoms. The highest BCUT2D eigenvalue weighted by Crippen LogP contribution is 2.49. The van der Waals surface area contributed by atoms with Crippen LogP contribution in [0.3, 0.4) is 0 Å². The minimum Gasteiger partial charge on any atom is -0.372 e.